The lowest BCUT2D eigenvalue weighted by molar-refractivity contribution is 0.661. The van der Waals surface area contributed by atoms with E-state index in [9.17, 15) is 0 Å². The van der Waals surface area contributed by atoms with Gasteiger partial charge in [0.2, 0.25) is 0 Å². The van der Waals surface area contributed by atoms with Crippen molar-refractivity contribution in [3.05, 3.63) is 240 Å². The minimum absolute atomic E-state index is 0.0951. The summed E-state index contributed by atoms with van der Waals surface area (Å²) in [7, 11) is 0. The molecule has 0 fully saturated rings. The summed E-state index contributed by atoms with van der Waals surface area (Å²) in [5.41, 5.74) is 22.8. The second-order valence-electron chi connectivity index (χ2n) is 17.7. The molecule has 0 aliphatic heterocycles. The van der Waals surface area contributed by atoms with Crippen molar-refractivity contribution in [2.75, 3.05) is 0 Å². The molecule has 0 unspecified atom stereocenters. The molecule has 3 aliphatic rings. The third-order valence-corrected chi connectivity index (χ3v) is 14.1. The van der Waals surface area contributed by atoms with Crippen molar-refractivity contribution >= 4 is 10.8 Å². The second kappa shape index (κ2) is 12.9. The number of benzene rings is 9. The van der Waals surface area contributed by atoms with Crippen LogP contribution in [0.15, 0.2) is 206 Å². The van der Waals surface area contributed by atoms with Crippen molar-refractivity contribution < 1.29 is 0 Å². The fourth-order valence-corrected chi connectivity index (χ4v) is 11.3. The lowest BCUT2D eigenvalue weighted by Gasteiger charge is -2.30. The van der Waals surface area contributed by atoms with Crippen LogP contribution >= 0.6 is 0 Å². The normalized spacial score (nSPS) is 14.2. The monoisotopic (exact) mass is 788 g/mol. The van der Waals surface area contributed by atoms with E-state index in [0.717, 1.165) is 28.1 Å². The molecule has 62 heavy (non-hydrogen) atoms. The number of nitrogens with zero attached hydrogens (tertiary/aromatic N) is 2. The minimum atomic E-state index is -0.379. The maximum Gasteiger partial charge on any atom is 0.160 e. The average molecular weight is 789 g/mol. The van der Waals surface area contributed by atoms with Crippen LogP contribution in [0.3, 0.4) is 0 Å². The molecule has 2 nitrogen and oxygen atoms in total. The molecule has 0 N–H and O–H groups in total. The summed E-state index contributed by atoms with van der Waals surface area (Å²) in [6, 6.07) is 75.8. The van der Waals surface area contributed by atoms with Gasteiger partial charge in [0.15, 0.2) is 5.82 Å². The third kappa shape index (κ3) is 4.81. The van der Waals surface area contributed by atoms with E-state index in [-0.39, 0.29) is 10.8 Å². The number of fused-ring (bicyclic) bond motifs is 14. The van der Waals surface area contributed by atoms with E-state index in [4.69, 9.17) is 9.97 Å². The van der Waals surface area contributed by atoms with Crippen molar-refractivity contribution in [3.8, 4) is 78.4 Å². The maximum atomic E-state index is 5.29. The summed E-state index contributed by atoms with van der Waals surface area (Å²) in [6.45, 7) is 4.72. The molecule has 0 saturated carbocycles. The Labute approximate surface area is 361 Å². The molecule has 9 aromatic carbocycles. The van der Waals surface area contributed by atoms with Crippen LogP contribution in [0.25, 0.3) is 89.2 Å². The Morgan fingerprint density at radius 1 is 0.306 bits per heavy atom. The predicted octanol–water partition coefficient (Wildman–Crippen LogP) is 14.9. The quantitative estimate of drug-likeness (QED) is 0.177. The van der Waals surface area contributed by atoms with Crippen LogP contribution in [-0.4, -0.2) is 9.97 Å². The third-order valence-electron chi connectivity index (χ3n) is 14.1. The lowest BCUT2D eigenvalue weighted by Crippen LogP contribution is -2.25. The van der Waals surface area contributed by atoms with Crippen molar-refractivity contribution in [2.24, 2.45) is 0 Å². The number of hydrogen-bond acceptors (Lipinski definition) is 2. The van der Waals surface area contributed by atoms with Gasteiger partial charge in [-0.15, -0.1) is 0 Å². The highest BCUT2D eigenvalue weighted by molar-refractivity contribution is 5.99. The van der Waals surface area contributed by atoms with Crippen LogP contribution in [0.5, 0.6) is 0 Å². The number of hydrogen-bond donors (Lipinski definition) is 0. The van der Waals surface area contributed by atoms with Gasteiger partial charge in [0.1, 0.15) is 0 Å². The predicted molar refractivity (Wildman–Crippen MR) is 255 cm³/mol. The molecule has 13 rings (SSSR count). The largest absolute Gasteiger partial charge is 0.228 e. The van der Waals surface area contributed by atoms with E-state index >= 15 is 0 Å². The van der Waals surface area contributed by atoms with Crippen LogP contribution < -0.4 is 0 Å². The molecule has 10 aromatic rings. The fourth-order valence-electron chi connectivity index (χ4n) is 11.3. The van der Waals surface area contributed by atoms with Gasteiger partial charge in [-0.25, -0.2) is 9.97 Å². The Hall–Kier alpha value is -7.68. The second-order valence-corrected chi connectivity index (χ2v) is 17.7. The Kier molecular flexibility index (Phi) is 7.31. The summed E-state index contributed by atoms with van der Waals surface area (Å²) < 4.78 is 0. The van der Waals surface area contributed by atoms with Crippen LogP contribution in [0.1, 0.15) is 47.2 Å². The van der Waals surface area contributed by atoms with E-state index in [1.54, 1.807) is 0 Å². The zero-order chi connectivity index (χ0) is 41.2. The van der Waals surface area contributed by atoms with Gasteiger partial charge in [-0.3, -0.25) is 0 Å². The average Bonchev–Trinajstić information content (AvgIpc) is 3.89. The Morgan fingerprint density at radius 3 is 1.48 bits per heavy atom. The molecule has 0 saturated heterocycles. The molecule has 0 radical (unpaired) electrons. The van der Waals surface area contributed by atoms with Gasteiger partial charge in [-0.2, -0.15) is 0 Å². The number of aromatic nitrogens is 2. The Balaban J connectivity index is 0.945. The Morgan fingerprint density at radius 2 is 0.806 bits per heavy atom. The van der Waals surface area contributed by atoms with Gasteiger partial charge in [0, 0.05) is 22.1 Å². The molecule has 290 valence electrons. The van der Waals surface area contributed by atoms with Gasteiger partial charge in [0.25, 0.3) is 0 Å². The SMILES string of the molecule is CC1(C)c2cc3ccccc3cc2-c2c(-c3ccc(-c4cc(-c5ccc6c(c5)-c5ccccc5C65c6ccccc6-c6ccccc65)nc(-c5ccccc5)n4)cc3)cccc21. The molecule has 3 aliphatic carbocycles. The van der Waals surface area contributed by atoms with Crippen molar-refractivity contribution in [1.82, 2.24) is 9.97 Å². The minimum Gasteiger partial charge on any atom is -0.228 e. The zero-order valence-corrected chi connectivity index (χ0v) is 34.5. The summed E-state index contributed by atoms with van der Waals surface area (Å²) >= 11 is 0. The summed E-state index contributed by atoms with van der Waals surface area (Å²) in [6.07, 6.45) is 0. The topological polar surface area (TPSA) is 25.8 Å². The molecular formula is C60H40N2. The van der Waals surface area contributed by atoms with E-state index < -0.39 is 0 Å². The van der Waals surface area contributed by atoms with Crippen molar-refractivity contribution in [3.63, 3.8) is 0 Å². The van der Waals surface area contributed by atoms with Gasteiger partial charge in [-0.05, 0) is 113 Å². The Bertz CT molecular complexity index is 3440. The van der Waals surface area contributed by atoms with Crippen LogP contribution in [0.4, 0.5) is 0 Å². The molecule has 1 spiro atoms. The molecule has 0 atom stereocenters. The van der Waals surface area contributed by atoms with Crippen molar-refractivity contribution in [2.45, 2.75) is 24.7 Å². The van der Waals surface area contributed by atoms with Gasteiger partial charge >= 0.3 is 0 Å². The van der Waals surface area contributed by atoms with E-state index in [2.05, 4.69) is 214 Å². The maximum absolute atomic E-state index is 5.29. The summed E-state index contributed by atoms with van der Waals surface area (Å²) in [5, 5.41) is 2.56. The summed E-state index contributed by atoms with van der Waals surface area (Å²) in [4.78, 5) is 10.5. The zero-order valence-electron chi connectivity index (χ0n) is 34.5. The van der Waals surface area contributed by atoms with E-state index in [0.29, 0.717) is 5.82 Å². The first-order valence-electron chi connectivity index (χ1n) is 21.6. The molecule has 2 heteroatoms. The van der Waals surface area contributed by atoms with Gasteiger partial charge in [-0.1, -0.05) is 196 Å². The van der Waals surface area contributed by atoms with E-state index in [1.165, 1.54) is 88.7 Å². The highest BCUT2D eigenvalue weighted by atomic mass is 14.9. The molecule has 1 heterocycles. The lowest BCUT2D eigenvalue weighted by atomic mass is 9.70. The highest BCUT2D eigenvalue weighted by Gasteiger charge is 2.51. The molecular weight excluding hydrogens is 749 g/mol. The van der Waals surface area contributed by atoms with Gasteiger partial charge < -0.3 is 0 Å². The van der Waals surface area contributed by atoms with Crippen LogP contribution in [0.2, 0.25) is 0 Å². The molecule has 0 amide bonds. The molecule has 1 aromatic heterocycles. The van der Waals surface area contributed by atoms with Crippen LogP contribution in [0, 0.1) is 0 Å². The van der Waals surface area contributed by atoms with Crippen molar-refractivity contribution in [1.29, 1.82) is 0 Å². The first-order valence-corrected chi connectivity index (χ1v) is 21.6. The molecule has 0 bridgehead atoms. The summed E-state index contributed by atoms with van der Waals surface area (Å²) in [5.74, 6) is 0.713. The fraction of sp³-hybridized carbons (Fsp3) is 0.0667. The van der Waals surface area contributed by atoms with Crippen LogP contribution in [-0.2, 0) is 10.8 Å². The number of rotatable bonds is 4. The highest BCUT2D eigenvalue weighted by Crippen LogP contribution is 2.63. The smallest absolute Gasteiger partial charge is 0.160 e. The van der Waals surface area contributed by atoms with Gasteiger partial charge in [0.05, 0.1) is 16.8 Å². The first-order chi connectivity index (χ1) is 30.5. The first kappa shape index (κ1) is 35.1. The standard InChI is InChI=1S/C60H40N2/c1-59(2)53-26-14-22-43(57(53)48-33-40-17-6-7-18-41(40)35-54(48)59)37-27-29-38(30-28-37)55-36-56(62-58(61-55)39-15-4-3-5-16-39)42-31-32-52-47(34-42)46-21-10-13-25-51(46)60(52)49-23-11-8-19-44(49)45-20-9-12-24-50(45)60/h3-36H,1-2H3. The van der Waals surface area contributed by atoms with E-state index in [1.807, 2.05) is 6.07 Å².